The Morgan fingerprint density at radius 2 is 2.00 bits per heavy atom. The van der Waals surface area contributed by atoms with Crippen LogP contribution in [0.15, 0.2) is 6.07 Å². The van der Waals surface area contributed by atoms with E-state index in [2.05, 4.69) is 17.2 Å². The average Bonchev–Trinajstić information content (AvgIpc) is 2.47. The molecule has 0 radical (unpaired) electrons. The summed E-state index contributed by atoms with van der Waals surface area (Å²) >= 11 is 0. The summed E-state index contributed by atoms with van der Waals surface area (Å²) in [6, 6.07) is 2.01. The van der Waals surface area contributed by atoms with Crippen LogP contribution in [0.1, 0.15) is 50.5 Å². The van der Waals surface area contributed by atoms with E-state index in [4.69, 9.17) is 9.72 Å². The molecule has 4 heteroatoms. The molecular weight excluding hydrogens is 226 g/mol. The number of rotatable bonds is 4. The highest BCUT2D eigenvalue weighted by Crippen LogP contribution is 2.38. The zero-order chi connectivity index (χ0) is 13.0. The summed E-state index contributed by atoms with van der Waals surface area (Å²) in [7, 11) is 3.68. The summed E-state index contributed by atoms with van der Waals surface area (Å²) in [5.74, 6) is 1.74. The Morgan fingerprint density at radius 3 is 2.56 bits per heavy atom. The van der Waals surface area contributed by atoms with Crippen LogP contribution in [0.4, 0.5) is 5.82 Å². The number of ether oxygens (including phenoxy) is 1. The third-order valence-corrected chi connectivity index (χ3v) is 3.86. The number of anilines is 1. The molecule has 0 amide bonds. The van der Waals surface area contributed by atoms with Gasteiger partial charge in [-0.25, -0.2) is 9.97 Å². The minimum absolute atomic E-state index is 0.269. The van der Waals surface area contributed by atoms with Crippen molar-refractivity contribution in [2.24, 2.45) is 0 Å². The van der Waals surface area contributed by atoms with E-state index in [-0.39, 0.29) is 5.60 Å². The lowest BCUT2D eigenvalue weighted by atomic mass is 9.84. The second-order valence-electron chi connectivity index (χ2n) is 4.93. The van der Waals surface area contributed by atoms with Gasteiger partial charge in [-0.3, -0.25) is 0 Å². The zero-order valence-corrected chi connectivity index (χ0v) is 11.6. The Labute approximate surface area is 109 Å². The van der Waals surface area contributed by atoms with E-state index in [9.17, 15) is 0 Å². The van der Waals surface area contributed by atoms with Crippen LogP contribution in [0.25, 0.3) is 0 Å². The fourth-order valence-electron chi connectivity index (χ4n) is 2.65. The van der Waals surface area contributed by atoms with Gasteiger partial charge in [-0.1, -0.05) is 26.2 Å². The molecule has 1 fully saturated rings. The van der Waals surface area contributed by atoms with Crippen LogP contribution in [-0.4, -0.2) is 24.1 Å². The van der Waals surface area contributed by atoms with Gasteiger partial charge in [0.1, 0.15) is 11.4 Å². The van der Waals surface area contributed by atoms with Crippen molar-refractivity contribution in [3.63, 3.8) is 0 Å². The number of aryl methyl sites for hydroxylation is 1. The van der Waals surface area contributed by atoms with E-state index >= 15 is 0 Å². The van der Waals surface area contributed by atoms with Crippen LogP contribution < -0.4 is 5.32 Å². The molecule has 18 heavy (non-hydrogen) atoms. The molecule has 1 saturated carbocycles. The highest BCUT2D eigenvalue weighted by Gasteiger charge is 2.37. The lowest BCUT2D eigenvalue weighted by molar-refractivity contribution is -0.0515. The molecule has 0 saturated heterocycles. The van der Waals surface area contributed by atoms with E-state index in [0.29, 0.717) is 0 Å². The summed E-state index contributed by atoms with van der Waals surface area (Å²) in [5.41, 5.74) is 0.807. The number of nitrogens with zero attached hydrogens (tertiary/aromatic N) is 2. The molecule has 0 aliphatic heterocycles. The SMILES string of the molecule is CCc1cc(NC)nc(C2(OC)CCCCC2)n1. The molecular formula is C14H23N3O. The molecule has 0 bridgehead atoms. The molecule has 1 aliphatic carbocycles. The lowest BCUT2D eigenvalue weighted by Gasteiger charge is -2.34. The monoisotopic (exact) mass is 249 g/mol. The smallest absolute Gasteiger partial charge is 0.162 e. The number of methoxy groups -OCH3 is 1. The molecule has 0 aromatic carbocycles. The van der Waals surface area contributed by atoms with Gasteiger partial charge >= 0.3 is 0 Å². The molecule has 1 N–H and O–H groups in total. The highest BCUT2D eigenvalue weighted by atomic mass is 16.5. The van der Waals surface area contributed by atoms with Gasteiger partial charge < -0.3 is 10.1 Å². The Balaban J connectivity index is 2.40. The van der Waals surface area contributed by atoms with Gasteiger partial charge in [-0.2, -0.15) is 0 Å². The lowest BCUT2D eigenvalue weighted by Crippen LogP contribution is -2.33. The van der Waals surface area contributed by atoms with Crippen LogP contribution >= 0.6 is 0 Å². The first-order valence-corrected chi connectivity index (χ1v) is 6.85. The van der Waals surface area contributed by atoms with Crippen LogP contribution in [0.2, 0.25) is 0 Å². The first-order chi connectivity index (χ1) is 8.74. The van der Waals surface area contributed by atoms with E-state index < -0.39 is 0 Å². The normalized spacial score (nSPS) is 18.6. The van der Waals surface area contributed by atoms with Crippen molar-refractivity contribution in [2.45, 2.75) is 51.0 Å². The summed E-state index contributed by atoms with van der Waals surface area (Å²) < 4.78 is 5.81. The molecule has 4 nitrogen and oxygen atoms in total. The molecule has 2 rings (SSSR count). The molecule has 0 spiro atoms. The van der Waals surface area contributed by atoms with Crippen molar-refractivity contribution in [3.05, 3.63) is 17.6 Å². The van der Waals surface area contributed by atoms with E-state index in [1.807, 2.05) is 13.1 Å². The Bertz CT molecular complexity index is 378. The summed E-state index contributed by atoms with van der Waals surface area (Å²) in [6.45, 7) is 2.12. The van der Waals surface area contributed by atoms with Crippen LogP contribution in [0.3, 0.4) is 0 Å². The Morgan fingerprint density at radius 1 is 1.28 bits per heavy atom. The second kappa shape index (κ2) is 5.65. The quantitative estimate of drug-likeness (QED) is 0.891. The first-order valence-electron chi connectivity index (χ1n) is 6.85. The van der Waals surface area contributed by atoms with Crippen molar-refractivity contribution in [2.75, 3.05) is 19.5 Å². The standard InChI is InChI=1S/C14H23N3O/c1-4-11-10-12(15-2)17-13(16-11)14(18-3)8-6-5-7-9-14/h10H,4-9H2,1-3H3,(H,15,16,17). The van der Waals surface area contributed by atoms with Gasteiger partial charge in [0, 0.05) is 25.9 Å². The number of hydrogen-bond acceptors (Lipinski definition) is 4. The molecule has 1 aromatic heterocycles. The van der Waals surface area contributed by atoms with Gasteiger partial charge in [-0.05, 0) is 19.3 Å². The maximum Gasteiger partial charge on any atom is 0.162 e. The molecule has 0 unspecified atom stereocenters. The molecule has 100 valence electrons. The predicted octanol–water partition coefficient (Wildman–Crippen LogP) is 2.89. The molecule has 0 atom stereocenters. The molecule has 1 heterocycles. The third kappa shape index (κ3) is 2.48. The molecule has 1 aromatic rings. The van der Waals surface area contributed by atoms with Gasteiger partial charge in [0.15, 0.2) is 5.82 Å². The Hall–Kier alpha value is -1.16. The maximum atomic E-state index is 5.81. The minimum Gasteiger partial charge on any atom is -0.373 e. The van der Waals surface area contributed by atoms with Crippen LogP contribution in [0, 0.1) is 0 Å². The zero-order valence-electron chi connectivity index (χ0n) is 11.6. The number of aromatic nitrogens is 2. The minimum atomic E-state index is -0.269. The number of hydrogen-bond donors (Lipinski definition) is 1. The van der Waals surface area contributed by atoms with Crippen molar-refractivity contribution < 1.29 is 4.74 Å². The second-order valence-corrected chi connectivity index (χ2v) is 4.93. The fourth-order valence-corrected chi connectivity index (χ4v) is 2.65. The largest absolute Gasteiger partial charge is 0.373 e. The summed E-state index contributed by atoms with van der Waals surface area (Å²) in [5, 5.41) is 3.12. The highest BCUT2D eigenvalue weighted by molar-refractivity contribution is 5.36. The first kappa shape index (κ1) is 13.3. The van der Waals surface area contributed by atoms with Crippen molar-refractivity contribution in [1.82, 2.24) is 9.97 Å². The predicted molar refractivity (Wildman–Crippen MR) is 72.7 cm³/mol. The fraction of sp³-hybridized carbons (Fsp3) is 0.714. The van der Waals surface area contributed by atoms with Crippen LogP contribution in [0.5, 0.6) is 0 Å². The van der Waals surface area contributed by atoms with Crippen LogP contribution in [-0.2, 0) is 16.8 Å². The average molecular weight is 249 g/mol. The summed E-state index contributed by atoms with van der Waals surface area (Å²) in [4.78, 5) is 9.31. The van der Waals surface area contributed by atoms with E-state index in [1.165, 1.54) is 19.3 Å². The van der Waals surface area contributed by atoms with Crippen molar-refractivity contribution in [1.29, 1.82) is 0 Å². The van der Waals surface area contributed by atoms with E-state index in [0.717, 1.165) is 36.6 Å². The Kier molecular flexibility index (Phi) is 4.17. The van der Waals surface area contributed by atoms with Gasteiger partial charge in [0.2, 0.25) is 0 Å². The van der Waals surface area contributed by atoms with Crippen molar-refractivity contribution in [3.8, 4) is 0 Å². The van der Waals surface area contributed by atoms with Gasteiger partial charge in [0.25, 0.3) is 0 Å². The van der Waals surface area contributed by atoms with Gasteiger partial charge in [0.05, 0.1) is 0 Å². The topological polar surface area (TPSA) is 47.0 Å². The maximum absolute atomic E-state index is 5.81. The van der Waals surface area contributed by atoms with E-state index in [1.54, 1.807) is 7.11 Å². The number of nitrogens with one attached hydrogen (secondary N) is 1. The van der Waals surface area contributed by atoms with Gasteiger partial charge in [-0.15, -0.1) is 0 Å². The van der Waals surface area contributed by atoms with Crippen molar-refractivity contribution >= 4 is 5.82 Å². The third-order valence-electron chi connectivity index (χ3n) is 3.86. The molecule has 1 aliphatic rings. The summed E-state index contributed by atoms with van der Waals surface area (Å²) in [6.07, 6.45) is 6.66.